The smallest absolute Gasteiger partial charge is 0.222 e. The topological polar surface area (TPSA) is 42.0 Å². The molecule has 2 aliphatic rings. The molecule has 0 spiro atoms. The van der Waals surface area contributed by atoms with Crippen LogP contribution >= 0.6 is 0 Å². The molecule has 0 aliphatic carbocycles. The SMILES string of the molecule is COc1ccc(CN2CC(CCN3CCCC3=O)c3ccccc32)c(OC)c1. The van der Waals surface area contributed by atoms with E-state index in [9.17, 15) is 4.79 Å². The average molecular weight is 380 g/mol. The minimum atomic E-state index is 0.311. The van der Waals surface area contributed by atoms with E-state index < -0.39 is 0 Å². The maximum atomic E-state index is 11.9. The molecule has 2 aromatic carbocycles. The van der Waals surface area contributed by atoms with Crippen molar-refractivity contribution in [1.29, 1.82) is 0 Å². The zero-order valence-corrected chi connectivity index (χ0v) is 16.7. The van der Waals surface area contributed by atoms with Crippen LogP contribution < -0.4 is 14.4 Å². The number of carbonyl (C=O) groups is 1. The minimum absolute atomic E-state index is 0.311. The standard InChI is InChI=1S/C23H28N2O3/c1-27-19-10-9-18(22(14-19)28-2)16-25-15-17(20-6-3-4-7-21(20)25)11-13-24-12-5-8-23(24)26/h3-4,6-7,9-10,14,17H,5,8,11-13,15-16H2,1-2H3. The van der Waals surface area contributed by atoms with Gasteiger partial charge in [-0.05, 0) is 36.6 Å². The van der Waals surface area contributed by atoms with Crippen LogP contribution in [-0.4, -0.2) is 44.7 Å². The van der Waals surface area contributed by atoms with Crippen LogP contribution in [0.25, 0.3) is 0 Å². The number of amides is 1. The van der Waals surface area contributed by atoms with Crippen molar-refractivity contribution < 1.29 is 14.3 Å². The van der Waals surface area contributed by atoms with Crippen LogP contribution in [-0.2, 0) is 11.3 Å². The van der Waals surface area contributed by atoms with Gasteiger partial charge in [-0.1, -0.05) is 18.2 Å². The first-order chi connectivity index (χ1) is 13.7. The summed E-state index contributed by atoms with van der Waals surface area (Å²) >= 11 is 0. The van der Waals surface area contributed by atoms with Crippen molar-refractivity contribution in [1.82, 2.24) is 4.90 Å². The van der Waals surface area contributed by atoms with Crippen molar-refractivity contribution >= 4 is 11.6 Å². The van der Waals surface area contributed by atoms with Gasteiger partial charge in [0.05, 0.1) is 14.2 Å². The minimum Gasteiger partial charge on any atom is -0.497 e. The molecule has 0 bridgehead atoms. The quantitative estimate of drug-likeness (QED) is 0.732. The lowest BCUT2D eigenvalue weighted by Gasteiger charge is -2.22. The number of para-hydroxylation sites is 1. The summed E-state index contributed by atoms with van der Waals surface area (Å²) < 4.78 is 10.9. The van der Waals surface area contributed by atoms with Gasteiger partial charge in [0.1, 0.15) is 11.5 Å². The summed E-state index contributed by atoms with van der Waals surface area (Å²) in [4.78, 5) is 16.4. The van der Waals surface area contributed by atoms with E-state index in [1.807, 2.05) is 17.0 Å². The first-order valence-corrected chi connectivity index (χ1v) is 10.0. The Morgan fingerprint density at radius 3 is 2.68 bits per heavy atom. The number of rotatable bonds is 7. The van der Waals surface area contributed by atoms with Gasteiger partial charge in [-0.2, -0.15) is 0 Å². The molecule has 5 heteroatoms. The maximum Gasteiger partial charge on any atom is 0.222 e. The Bertz CT molecular complexity index is 851. The van der Waals surface area contributed by atoms with Gasteiger partial charge in [0.25, 0.3) is 0 Å². The molecule has 0 N–H and O–H groups in total. The Morgan fingerprint density at radius 2 is 1.93 bits per heavy atom. The summed E-state index contributed by atoms with van der Waals surface area (Å²) in [6.07, 6.45) is 2.73. The molecule has 1 amide bonds. The second-order valence-corrected chi connectivity index (χ2v) is 7.59. The van der Waals surface area contributed by atoms with Gasteiger partial charge in [-0.3, -0.25) is 4.79 Å². The summed E-state index contributed by atoms with van der Waals surface area (Å²) in [7, 11) is 3.37. The highest BCUT2D eigenvalue weighted by molar-refractivity contribution is 5.78. The van der Waals surface area contributed by atoms with Crippen molar-refractivity contribution in [3.63, 3.8) is 0 Å². The number of benzene rings is 2. The van der Waals surface area contributed by atoms with Crippen molar-refractivity contribution in [3.05, 3.63) is 53.6 Å². The number of hydrogen-bond acceptors (Lipinski definition) is 4. The van der Waals surface area contributed by atoms with E-state index in [2.05, 4.69) is 35.2 Å². The first-order valence-electron chi connectivity index (χ1n) is 10.0. The lowest BCUT2D eigenvalue weighted by molar-refractivity contribution is -0.127. The van der Waals surface area contributed by atoms with E-state index in [4.69, 9.17) is 9.47 Å². The van der Waals surface area contributed by atoms with Gasteiger partial charge < -0.3 is 19.3 Å². The van der Waals surface area contributed by atoms with Crippen LogP contribution in [0.3, 0.4) is 0 Å². The molecule has 2 aromatic rings. The molecular weight excluding hydrogens is 352 g/mol. The Hall–Kier alpha value is -2.69. The van der Waals surface area contributed by atoms with Gasteiger partial charge in [0.2, 0.25) is 5.91 Å². The Morgan fingerprint density at radius 1 is 1.07 bits per heavy atom. The summed E-state index contributed by atoms with van der Waals surface area (Å²) in [6, 6.07) is 14.7. The molecule has 5 nitrogen and oxygen atoms in total. The zero-order valence-electron chi connectivity index (χ0n) is 16.7. The molecule has 4 rings (SSSR count). The fraction of sp³-hybridized carbons (Fsp3) is 0.435. The fourth-order valence-corrected chi connectivity index (χ4v) is 4.42. The van der Waals surface area contributed by atoms with Gasteiger partial charge >= 0.3 is 0 Å². The second-order valence-electron chi connectivity index (χ2n) is 7.59. The Balaban J connectivity index is 1.50. The normalized spacial score (nSPS) is 18.5. The van der Waals surface area contributed by atoms with Crippen molar-refractivity contribution in [2.45, 2.75) is 31.7 Å². The molecule has 1 unspecified atom stereocenters. The largest absolute Gasteiger partial charge is 0.497 e. The fourth-order valence-electron chi connectivity index (χ4n) is 4.42. The van der Waals surface area contributed by atoms with Crippen molar-refractivity contribution in [2.75, 3.05) is 38.8 Å². The van der Waals surface area contributed by atoms with Crippen LogP contribution in [0.15, 0.2) is 42.5 Å². The lowest BCUT2D eigenvalue weighted by atomic mass is 9.98. The van der Waals surface area contributed by atoms with Gasteiger partial charge in [0.15, 0.2) is 0 Å². The van der Waals surface area contributed by atoms with Crippen LogP contribution in [0.5, 0.6) is 11.5 Å². The van der Waals surface area contributed by atoms with E-state index in [0.717, 1.165) is 56.1 Å². The summed E-state index contributed by atoms with van der Waals surface area (Å²) in [6.45, 7) is 3.54. The third-order valence-corrected chi connectivity index (χ3v) is 5.93. The number of likely N-dealkylation sites (tertiary alicyclic amines) is 1. The molecule has 1 saturated heterocycles. The van der Waals surface area contributed by atoms with Gasteiger partial charge in [0, 0.05) is 55.8 Å². The van der Waals surface area contributed by atoms with Crippen LogP contribution in [0, 0.1) is 0 Å². The highest BCUT2D eigenvalue weighted by Gasteiger charge is 2.30. The second kappa shape index (κ2) is 8.13. The molecule has 28 heavy (non-hydrogen) atoms. The van der Waals surface area contributed by atoms with Gasteiger partial charge in [-0.25, -0.2) is 0 Å². The maximum absolute atomic E-state index is 11.9. The number of anilines is 1. The first kappa shape index (κ1) is 18.7. The average Bonchev–Trinajstić information content (AvgIpc) is 3.30. The van der Waals surface area contributed by atoms with E-state index >= 15 is 0 Å². The van der Waals surface area contributed by atoms with Crippen LogP contribution in [0.2, 0.25) is 0 Å². The molecule has 0 radical (unpaired) electrons. The zero-order chi connectivity index (χ0) is 19.5. The number of fused-ring (bicyclic) bond motifs is 1. The molecule has 0 saturated carbocycles. The van der Waals surface area contributed by atoms with E-state index in [1.54, 1.807) is 14.2 Å². The number of hydrogen-bond donors (Lipinski definition) is 0. The highest BCUT2D eigenvalue weighted by Crippen LogP contribution is 2.40. The number of methoxy groups -OCH3 is 2. The Labute approximate surface area is 166 Å². The summed E-state index contributed by atoms with van der Waals surface area (Å²) in [5.74, 6) is 2.42. The van der Waals surface area contributed by atoms with E-state index in [0.29, 0.717) is 18.2 Å². The van der Waals surface area contributed by atoms with E-state index in [1.165, 1.54) is 11.3 Å². The molecule has 2 heterocycles. The summed E-state index contributed by atoms with van der Waals surface area (Å²) in [5.41, 5.74) is 3.83. The monoisotopic (exact) mass is 380 g/mol. The number of nitrogens with zero attached hydrogens (tertiary/aromatic N) is 2. The third kappa shape index (κ3) is 3.66. The molecule has 2 aliphatic heterocycles. The highest BCUT2D eigenvalue weighted by atomic mass is 16.5. The van der Waals surface area contributed by atoms with E-state index in [-0.39, 0.29) is 0 Å². The summed E-state index contributed by atoms with van der Waals surface area (Å²) in [5, 5.41) is 0. The molecule has 0 aromatic heterocycles. The Kier molecular flexibility index (Phi) is 5.42. The molecule has 148 valence electrons. The van der Waals surface area contributed by atoms with Crippen LogP contribution in [0.4, 0.5) is 5.69 Å². The van der Waals surface area contributed by atoms with Crippen LogP contribution in [0.1, 0.15) is 36.3 Å². The molecule has 1 fully saturated rings. The third-order valence-electron chi connectivity index (χ3n) is 5.93. The van der Waals surface area contributed by atoms with Gasteiger partial charge in [-0.15, -0.1) is 0 Å². The predicted octanol–water partition coefficient (Wildman–Crippen LogP) is 3.82. The number of ether oxygens (including phenoxy) is 2. The predicted molar refractivity (Wildman–Crippen MR) is 110 cm³/mol. The number of carbonyl (C=O) groups excluding carboxylic acids is 1. The molecule has 1 atom stereocenters. The lowest BCUT2D eigenvalue weighted by Crippen LogP contribution is -2.28. The van der Waals surface area contributed by atoms with Crippen molar-refractivity contribution in [3.8, 4) is 11.5 Å². The van der Waals surface area contributed by atoms with Crippen molar-refractivity contribution in [2.24, 2.45) is 0 Å². The molecular formula is C23H28N2O3.